The van der Waals surface area contributed by atoms with Crippen LogP contribution in [0.2, 0.25) is 0 Å². The summed E-state index contributed by atoms with van der Waals surface area (Å²) in [6.45, 7) is 2.79. The zero-order valence-corrected chi connectivity index (χ0v) is 30.3. The van der Waals surface area contributed by atoms with Crippen molar-refractivity contribution in [2.75, 3.05) is 19.6 Å². The number of likely N-dealkylation sites (tertiary alicyclic amines) is 2. The summed E-state index contributed by atoms with van der Waals surface area (Å²) in [6, 6.07) is 3.51. The second kappa shape index (κ2) is 23.0. The lowest BCUT2D eigenvalue weighted by Crippen LogP contribution is -2.54. The van der Waals surface area contributed by atoms with E-state index in [1.165, 1.54) is 89.2 Å². The number of nitrogens with zero attached hydrogens (tertiary/aromatic N) is 2. The Morgan fingerprint density at radius 3 is 1.82 bits per heavy atom. The van der Waals surface area contributed by atoms with Crippen LogP contribution < -0.4 is 10.6 Å². The number of unbranched alkanes of at least 4 members (excludes halogenated alkanes) is 14. The monoisotopic (exact) mass is 698 g/mol. The minimum atomic E-state index is -1.22. The van der Waals surface area contributed by atoms with E-state index in [0.717, 1.165) is 25.7 Å². The number of carboxylic acids is 1. The van der Waals surface area contributed by atoms with Crippen molar-refractivity contribution in [3.63, 3.8) is 0 Å². The smallest absolute Gasteiger partial charge is 0.326 e. The van der Waals surface area contributed by atoms with Gasteiger partial charge in [0.25, 0.3) is 0 Å². The molecule has 0 unspecified atom stereocenters. The van der Waals surface area contributed by atoms with Crippen LogP contribution >= 0.6 is 0 Å². The second-order valence-corrected chi connectivity index (χ2v) is 14.2. The lowest BCUT2D eigenvalue weighted by Gasteiger charge is -2.31. The second-order valence-electron chi connectivity index (χ2n) is 14.2. The molecule has 1 aromatic rings. The summed E-state index contributed by atoms with van der Waals surface area (Å²) in [5, 5.41) is 24.0. The molecule has 3 rings (SSSR count). The highest BCUT2D eigenvalue weighted by Gasteiger charge is 2.42. The molecule has 0 radical (unpaired) electrons. The predicted octanol–water partition coefficient (Wildman–Crippen LogP) is 5.86. The van der Waals surface area contributed by atoms with E-state index in [1.807, 2.05) is 0 Å². The number of nitrogens with one attached hydrogen (secondary N) is 2. The van der Waals surface area contributed by atoms with Gasteiger partial charge in [0.05, 0.1) is 6.54 Å². The minimum absolute atomic E-state index is 0.00713. The predicted molar refractivity (Wildman–Crippen MR) is 193 cm³/mol. The van der Waals surface area contributed by atoms with E-state index in [4.69, 9.17) is 0 Å². The van der Waals surface area contributed by atoms with Crippen molar-refractivity contribution in [2.24, 2.45) is 0 Å². The molecule has 2 saturated heterocycles. The first-order chi connectivity index (χ1) is 24.2. The van der Waals surface area contributed by atoms with Crippen molar-refractivity contribution in [3.05, 3.63) is 29.8 Å². The van der Waals surface area contributed by atoms with Gasteiger partial charge in [-0.1, -0.05) is 109 Å². The zero-order valence-electron chi connectivity index (χ0n) is 30.3. The molecule has 280 valence electrons. The fourth-order valence-corrected chi connectivity index (χ4v) is 7.21. The summed E-state index contributed by atoms with van der Waals surface area (Å²) in [7, 11) is 0. The maximum atomic E-state index is 13.6. The summed E-state index contributed by atoms with van der Waals surface area (Å²) in [4.78, 5) is 67.4. The molecule has 0 bridgehead atoms. The minimum Gasteiger partial charge on any atom is -0.508 e. The molecule has 50 heavy (non-hydrogen) atoms. The molecule has 4 amide bonds. The Balaban J connectivity index is 1.32. The van der Waals surface area contributed by atoms with Gasteiger partial charge >= 0.3 is 5.97 Å². The van der Waals surface area contributed by atoms with Gasteiger partial charge in [-0.15, -0.1) is 0 Å². The van der Waals surface area contributed by atoms with Crippen LogP contribution in [0.3, 0.4) is 0 Å². The van der Waals surface area contributed by atoms with Gasteiger partial charge in [0.1, 0.15) is 23.9 Å². The van der Waals surface area contributed by atoms with Crippen molar-refractivity contribution in [2.45, 2.75) is 160 Å². The quantitative estimate of drug-likeness (QED) is 0.0985. The summed E-state index contributed by atoms with van der Waals surface area (Å²) in [5.74, 6) is -2.51. The largest absolute Gasteiger partial charge is 0.508 e. The van der Waals surface area contributed by atoms with E-state index in [0.29, 0.717) is 44.3 Å². The molecular weight excluding hydrogens is 636 g/mol. The Morgan fingerprint density at radius 1 is 0.740 bits per heavy atom. The SMILES string of the molecule is CCCCCCCCCCCCCCCCCC(=O)N1CCC[C@H]1C(=O)N1CCC[C@H]1C(=O)NCC(=O)N[C@@H](Cc1ccc(O)cc1)C(=O)O. The molecule has 3 atom stereocenters. The van der Waals surface area contributed by atoms with Gasteiger partial charge in [-0.25, -0.2) is 4.79 Å². The molecule has 2 fully saturated rings. The first kappa shape index (κ1) is 40.8. The summed E-state index contributed by atoms with van der Waals surface area (Å²) in [6.07, 6.45) is 21.8. The molecule has 1 aromatic carbocycles. The number of aromatic hydroxyl groups is 1. The molecule has 2 heterocycles. The summed E-state index contributed by atoms with van der Waals surface area (Å²) < 4.78 is 0. The van der Waals surface area contributed by atoms with Gasteiger partial charge in [-0.2, -0.15) is 0 Å². The molecule has 11 nitrogen and oxygen atoms in total. The summed E-state index contributed by atoms with van der Waals surface area (Å²) in [5.41, 5.74) is 0.619. The van der Waals surface area contributed by atoms with Crippen molar-refractivity contribution in [3.8, 4) is 5.75 Å². The number of carboxylic acid groups (broad SMARTS) is 1. The normalized spacial score (nSPS) is 17.9. The lowest BCUT2D eigenvalue weighted by atomic mass is 10.0. The highest BCUT2D eigenvalue weighted by Crippen LogP contribution is 2.26. The lowest BCUT2D eigenvalue weighted by molar-refractivity contribution is -0.146. The standard InChI is InChI=1S/C39H62N4O7/c1-2-3-4-5-6-7-8-9-10-11-12-13-14-15-16-21-36(46)42-26-18-20-34(42)38(48)43-27-17-19-33(43)37(47)40-29-35(45)41-32(39(49)50)28-30-22-24-31(44)25-23-30/h22-25,32-34,44H,2-21,26-29H2,1H3,(H,40,47)(H,41,45)(H,49,50)/t32-,33-,34-/m0/s1. The third kappa shape index (κ3) is 14.3. The molecule has 2 aliphatic heterocycles. The maximum Gasteiger partial charge on any atom is 0.326 e. The van der Waals surface area contributed by atoms with Gasteiger partial charge in [-0.05, 0) is 49.8 Å². The van der Waals surface area contributed by atoms with E-state index in [2.05, 4.69) is 17.6 Å². The number of phenols is 1. The Labute approximate surface area is 298 Å². The van der Waals surface area contributed by atoms with Gasteiger partial charge in [0.2, 0.25) is 23.6 Å². The Hall–Kier alpha value is -3.63. The van der Waals surface area contributed by atoms with Crippen LogP contribution in [0.4, 0.5) is 0 Å². The number of hydrogen-bond donors (Lipinski definition) is 4. The number of phenolic OH excluding ortho intramolecular Hbond substituents is 1. The number of hydrogen-bond acceptors (Lipinski definition) is 6. The van der Waals surface area contributed by atoms with Crippen LogP contribution in [-0.2, 0) is 30.4 Å². The number of amides is 4. The molecule has 0 spiro atoms. The molecule has 4 N–H and O–H groups in total. The topological polar surface area (TPSA) is 156 Å². The number of carbonyl (C=O) groups excluding carboxylic acids is 4. The van der Waals surface area contributed by atoms with Crippen molar-refractivity contribution in [1.29, 1.82) is 0 Å². The number of aliphatic carboxylic acids is 1. The zero-order chi connectivity index (χ0) is 36.1. The van der Waals surface area contributed by atoms with Crippen molar-refractivity contribution >= 4 is 29.6 Å². The van der Waals surface area contributed by atoms with Gasteiger partial charge < -0.3 is 30.6 Å². The molecular formula is C39H62N4O7. The third-order valence-electron chi connectivity index (χ3n) is 10.1. The Morgan fingerprint density at radius 2 is 1.26 bits per heavy atom. The third-order valence-corrected chi connectivity index (χ3v) is 10.1. The van der Waals surface area contributed by atoms with Crippen LogP contribution in [0, 0.1) is 0 Å². The van der Waals surface area contributed by atoms with Crippen LogP contribution in [0.5, 0.6) is 5.75 Å². The maximum absolute atomic E-state index is 13.6. The van der Waals surface area contributed by atoms with E-state index in [9.17, 15) is 34.2 Å². The average molecular weight is 699 g/mol. The Kier molecular flexibility index (Phi) is 18.7. The van der Waals surface area contributed by atoms with E-state index >= 15 is 0 Å². The van der Waals surface area contributed by atoms with Gasteiger partial charge in [0.15, 0.2) is 0 Å². The first-order valence-corrected chi connectivity index (χ1v) is 19.4. The van der Waals surface area contributed by atoms with E-state index in [1.54, 1.807) is 21.9 Å². The molecule has 0 saturated carbocycles. The van der Waals surface area contributed by atoms with Crippen LogP contribution in [0.1, 0.15) is 141 Å². The Bertz CT molecular complexity index is 1210. The van der Waals surface area contributed by atoms with Crippen LogP contribution in [0.25, 0.3) is 0 Å². The van der Waals surface area contributed by atoms with Crippen LogP contribution in [-0.4, -0.2) is 87.4 Å². The molecule has 0 aromatic heterocycles. The number of benzene rings is 1. The first-order valence-electron chi connectivity index (χ1n) is 19.4. The fraction of sp³-hybridized carbons (Fsp3) is 0.718. The average Bonchev–Trinajstić information content (AvgIpc) is 3.80. The van der Waals surface area contributed by atoms with Crippen molar-refractivity contribution < 1.29 is 34.2 Å². The van der Waals surface area contributed by atoms with Crippen LogP contribution in [0.15, 0.2) is 24.3 Å². The fourth-order valence-electron chi connectivity index (χ4n) is 7.21. The number of rotatable bonds is 24. The van der Waals surface area contributed by atoms with E-state index < -0.39 is 42.5 Å². The molecule has 11 heteroatoms. The number of carbonyl (C=O) groups is 5. The highest BCUT2D eigenvalue weighted by atomic mass is 16.4. The molecule has 0 aliphatic carbocycles. The highest BCUT2D eigenvalue weighted by molar-refractivity contribution is 5.94. The summed E-state index contributed by atoms with van der Waals surface area (Å²) >= 11 is 0. The van der Waals surface area contributed by atoms with E-state index in [-0.39, 0.29) is 24.0 Å². The van der Waals surface area contributed by atoms with Crippen molar-refractivity contribution in [1.82, 2.24) is 20.4 Å². The van der Waals surface area contributed by atoms with Gasteiger partial charge in [0, 0.05) is 25.9 Å². The molecule has 2 aliphatic rings. The van der Waals surface area contributed by atoms with Gasteiger partial charge in [-0.3, -0.25) is 19.2 Å².